The van der Waals surface area contributed by atoms with Gasteiger partial charge in [0.1, 0.15) is 0 Å². The van der Waals surface area contributed by atoms with Crippen molar-refractivity contribution in [2.45, 2.75) is 25.6 Å². The number of hydrogen-bond acceptors (Lipinski definition) is 4. The Morgan fingerprint density at radius 3 is 2.58 bits per heavy atom. The molecule has 74 valence electrons. The van der Waals surface area contributed by atoms with Crippen LogP contribution in [0.3, 0.4) is 0 Å². The van der Waals surface area contributed by atoms with Gasteiger partial charge in [0.15, 0.2) is 0 Å². The molecular formula is C8H19NO3. The van der Waals surface area contributed by atoms with Gasteiger partial charge in [-0.25, -0.2) is 0 Å². The second-order valence-corrected chi connectivity index (χ2v) is 2.87. The van der Waals surface area contributed by atoms with Crippen LogP contribution in [0.15, 0.2) is 0 Å². The highest BCUT2D eigenvalue weighted by Crippen LogP contribution is 1.99. The molecule has 3 N–H and O–H groups in total. The van der Waals surface area contributed by atoms with Crippen LogP contribution in [0.4, 0.5) is 0 Å². The zero-order valence-corrected chi connectivity index (χ0v) is 7.79. The van der Waals surface area contributed by atoms with Gasteiger partial charge in [-0.15, -0.1) is 0 Å². The summed E-state index contributed by atoms with van der Waals surface area (Å²) < 4.78 is 5.10. The van der Waals surface area contributed by atoms with E-state index in [1.165, 1.54) is 0 Å². The minimum Gasteiger partial charge on any atom is -0.395 e. The van der Waals surface area contributed by atoms with Crippen molar-refractivity contribution >= 4 is 0 Å². The van der Waals surface area contributed by atoms with Crippen LogP contribution in [0.25, 0.3) is 0 Å². The Morgan fingerprint density at radius 1 is 1.50 bits per heavy atom. The van der Waals surface area contributed by atoms with Crippen LogP contribution < -0.4 is 5.32 Å². The van der Waals surface area contributed by atoms with Crippen molar-refractivity contribution in [3.8, 4) is 0 Å². The number of aliphatic hydroxyl groups excluding tert-OH is 2. The van der Waals surface area contributed by atoms with Crippen molar-refractivity contribution in [3.05, 3.63) is 0 Å². The summed E-state index contributed by atoms with van der Waals surface area (Å²) in [7, 11) is 1.62. The topological polar surface area (TPSA) is 61.7 Å². The van der Waals surface area contributed by atoms with Crippen molar-refractivity contribution in [3.63, 3.8) is 0 Å². The number of aliphatic hydroxyl groups is 2. The summed E-state index contributed by atoms with van der Waals surface area (Å²) >= 11 is 0. The van der Waals surface area contributed by atoms with E-state index in [4.69, 9.17) is 14.9 Å². The fourth-order valence-electron chi connectivity index (χ4n) is 0.985. The molecule has 0 amide bonds. The summed E-state index contributed by atoms with van der Waals surface area (Å²) in [5.41, 5.74) is 0. The van der Waals surface area contributed by atoms with Crippen LogP contribution in [0, 0.1) is 0 Å². The summed E-state index contributed by atoms with van der Waals surface area (Å²) in [5.74, 6) is 0. The Labute approximate surface area is 73.5 Å². The van der Waals surface area contributed by atoms with Crippen LogP contribution in [-0.2, 0) is 4.74 Å². The lowest BCUT2D eigenvalue weighted by molar-refractivity contribution is 0.0512. The molecular weight excluding hydrogens is 158 g/mol. The molecule has 0 aliphatic heterocycles. The van der Waals surface area contributed by atoms with Gasteiger partial charge in [0.2, 0.25) is 0 Å². The van der Waals surface area contributed by atoms with E-state index >= 15 is 0 Å². The first-order valence-corrected chi connectivity index (χ1v) is 4.23. The Morgan fingerprint density at radius 2 is 2.17 bits per heavy atom. The Kier molecular flexibility index (Phi) is 7.39. The van der Waals surface area contributed by atoms with E-state index in [9.17, 15) is 0 Å². The van der Waals surface area contributed by atoms with Crippen molar-refractivity contribution in [2.24, 2.45) is 0 Å². The van der Waals surface area contributed by atoms with Crippen LogP contribution >= 0.6 is 0 Å². The van der Waals surface area contributed by atoms with E-state index in [1.807, 2.05) is 0 Å². The molecule has 2 atom stereocenters. The summed E-state index contributed by atoms with van der Waals surface area (Å²) in [6, 6.07) is 0. The van der Waals surface area contributed by atoms with Gasteiger partial charge in [-0.05, 0) is 6.92 Å². The third-order valence-electron chi connectivity index (χ3n) is 1.60. The van der Waals surface area contributed by atoms with Gasteiger partial charge in [-0.1, -0.05) is 0 Å². The van der Waals surface area contributed by atoms with E-state index in [1.54, 1.807) is 14.0 Å². The van der Waals surface area contributed by atoms with Crippen LogP contribution in [0.1, 0.15) is 13.3 Å². The van der Waals surface area contributed by atoms with Crippen molar-refractivity contribution in [2.75, 3.05) is 26.8 Å². The molecule has 0 bridgehead atoms. The summed E-state index contributed by atoms with van der Waals surface area (Å²) in [4.78, 5) is 0. The fraction of sp³-hybridized carbons (Fsp3) is 1.00. The zero-order chi connectivity index (χ0) is 9.40. The minimum atomic E-state index is -0.342. The summed E-state index contributed by atoms with van der Waals surface area (Å²) in [5, 5.41) is 20.5. The molecule has 0 heterocycles. The predicted molar refractivity (Wildman–Crippen MR) is 47.1 cm³/mol. The predicted octanol–water partition coefficient (Wildman–Crippen LogP) is -0.646. The zero-order valence-electron chi connectivity index (χ0n) is 7.79. The minimum absolute atomic E-state index is 0.0246. The Bertz CT molecular complexity index is 98.3. The summed E-state index contributed by atoms with van der Waals surface area (Å²) in [6.07, 6.45) is 0.303. The number of rotatable bonds is 7. The van der Waals surface area contributed by atoms with Gasteiger partial charge in [0, 0.05) is 26.6 Å². The molecule has 12 heavy (non-hydrogen) atoms. The van der Waals surface area contributed by atoms with Gasteiger partial charge in [0.05, 0.1) is 18.8 Å². The highest BCUT2D eigenvalue weighted by molar-refractivity contribution is 4.64. The Balaban J connectivity index is 3.39. The fourth-order valence-corrected chi connectivity index (χ4v) is 0.985. The lowest BCUT2D eigenvalue weighted by Gasteiger charge is -2.16. The van der Waals surface area contributed by atoms with E-state index < -0.39 is 0 Å². The third kappa shape index (κ3) is 6.54. The van der Waals surface area contributed by atoms with Crippen LogP contribution in [0.2, 0.25) is 0 Å². The first kappa shape index (κ1) is 11.8. The summed E-state index contributed by atoms with van der Waals surface area (Å²) in [6.45, 7) is 3.10. The number of ether oxygens (including phenoxy) is 1. The third-order valence-corrected chi connectivity index (χ3v) is 1.60. The molecule has 0 saturated heterocycles. The van der Waals surface area contributed by atoms with Crippen LogP contribution in [-0.4, -0.2) is 49.2 Å². The van der Waals surface area contributed by atoms with Gasteiger partial charge >= 0.3 is 0 Å². The first-order chi connectivity index (χ1) is 5.70. The second kappa shape index (κ2) is 7.49. The van der Waals surface area contributed by atoms with Gasteiger partial charge in [0.25, 0.3) is 0 Å². The van der Waals surface area contributed by atoms with E-state index in [0.29, 0.717) is 19.5 Å². The molecule has 0 radical (unpaired) electrons. The lowest BCUT2D eigenvalue weighted by Crippen LogP contribution is -2.32. The molecule has 0 saturated carbocycles. The molecule has 0 rings (SSSR count). The molecule has 0 aromatic rings. The molecule has 0 aromatic carbocycles. The maximum atomic E-state index is 9.05. The normalized spacial score (nSPS) is 16.0. The maximum absolute atomic E-state index is 9.05. The molecule has 0 aromatic heterocycles. The van der Waals surface area contributed by atoms with Crippen LogP contribution in [0.5, 0.6) is 0 Å². The molecule has 0 fully saturated rings. The van der Waals surface area contributed by atoms with Crippen molar-refractivity contribution in [1.29, 1.82) is 0 Å². The standard InChI is InChI=1S/C8H19NO3/c1-7(11)5-8(12-2)6-9-3-4-10/h7-11H,3-6H2,1-2H3. The largest absolute Gasteiger partial charge is 0.395 e. The smallest absolute Gasteiger partial charge is 0.0720 e. The average Bonchev–Trinajstić information content (AvgIpc) is 2.02. The van der Waals surface area contributed by atoms with Crippen molar-refractivity contribution < 1.29 is 14.9 Å². The van der Waals surface area contributed by atoms with E-state index in [0.717, 1.165) is 0 Å². The number of hydrogen-bond donors (Lipinski definition) is 3. The monoisotopic (exact) mass is 177 g/mol. The number of methoxy groups -OCH3 is 1. The highest BCUT2D eigenvalue weighted by Gasteiger charge is 2.09. The van der Waals surface area contributed by atoms with Crippen molar-refractivity contribution in [1.82, 2.24) is 5.32 Å². The first-order valence-electron chi connectivity index (χ1n) is 4.23. The number of nitrogens with one attached hydrogen (secondary N) is 1. The molecule has 4 heteroatoms. The van der Waals surface area contributed by atoms with Gasteiger partial charge < -0.3 is 20.3 Å². The van der Waals surface area contributed by atoms with Gasteiger partial charge in [-0.2, -0.15) is 0 Å². The molecule has 0 aliphatic rings. The quantitative estimate of drug-likeness (QED) is 0.452. The molecule has 4 nitrogen and oxygen atoms in total. The SMILES string of the molecule is COC(CNCCO)CC(C)O. The van der Waals surface area contributed by atoms with E-state index in [-0.39, 0.29) is 18.8 Å². The molecule has 2 unspecified atom stereocenters. The second-order valence-electron chi connectivity index (χ2n) is 2.87. The maximum Gasteiger partial charge on any atom is 0.0720 e. The molecule has 0 spiro atoms. The van der Waals surface area contributed by atoms with E-state index in [2.05, 4.69) is 5.32 Å². The highest BCUT2D eigenvalue weighted by atomic mass is 16.5. The average molecular weight is 177 g/mol. The Hall–Kier alpha value is -0.160. The molecule has 0 aliphatic carbocycles. The van der Waals surface area contributed by atoms with Gasteiger partial charge in [-0.3, -0.25) is 0 Å². The lowest BCUT2D eigenvalue weighted by atomic mass is 10.2.